The molecule has 0 aromatic heterocycles. The summed E-state index contributed by atoms with van der Waals surface area (Å²) < 4.78 is 43.9. The van der Waals surface area contributed by atoms with Gasteiger partial charge in [0.1, 0.15) is 0 Å². The normalized spacial score (nSPS) is 11.4. The Balaban J connectivity index is 2.24. The molecule has 2 rings (SSSR count). The van der Waals surface area contributed by atoms with Crippen LogP contribution in [0.25, 0.3) is 0 Å². The van der Waals surface area contributed by atoms with Crippen molar-refractivity contribution in [1.82, 2.24) is 5.01 Å². The molecule has 0 N–H and O–H groups in total. The van der Waals surface area contributed by atoms with Crippen LogP contribution in [0.2, 0.25) is 0 Å². The zero-order valence-electron chi connectivity index (χ0n) is 14.7. The number of benzene rings is 2. The minimum atomic E-state index is -4.64. The van der Waals surface area contributed by atoms with Gasteiger partial charge in [-0.05, 0) is 36.8 Å². The number of halogens is 3. The second-order valence-electron chi connectivity index (χ2n) is 5.42. The summed E-state index contributed by atoms with van der Waals surface area (Å²) in [7, 11) is 1.27. The summed E-state index contributed by atoms with van der Waals surface area (Å²) in [5, 5.41) is 4.93. The van der Waals surface area contributed by atoms with E-state index in [0.29, 0.717) is 11.1 Å². The van der Waals surface area contributed by atoms with Crippen LogP contribution in [-0.2, 0) is 10.9 Å². The number of carbonyl (C=O) groups is 2. The SMILES string of the molecule is CCN(/N=C/c1ccc(C(=O)OC)cc1)C(=O)c1ccccc1C(F)(F)F. The van der Waals surface area contributed by atoms with Crippen LogP contribution in [0.4, 0.5) is 13.2 Å². The summed E-state index contributed by atoms with van der Waals surface area (Å²) in [5.41, 5.74) is -0.564. The van der Waals surface area contributed by atoms with Crippen LogP contribution in [0, 0.1) is 0 Å². The van der Waals surface area contributed by atoms with E-state index < -0.39 is 29.2 Å². The summed E-state index contributed by atoms with van der Waals surface area (Å²) in [4.78, 5) is 23.9. The first kappa shape index (κ1) is 20.2. The molecule has 5 nitrogen and oxygen atoms in total. The van der Waals surface area contributed by atoms with E-state index in [0.717, 1.165) is 17.1 Å². The van der Waals surface area contributed by atoms with E-state index >= 15 is 0 Å². The Kier molecular flexibility index (Phi) is 6.33. The zero-order valence-corrected chi connectivity index (χ0v) is 14.7. The number of amides is 1. The highest BCUT2D eigenvalue weighted by molar-refractivity contribution is 5.96. The van der Waals surface area contributed by atoms with E-state index in [4.69, 9.17) is 0 Å². The Morgan fingerprint density at radius 2 is 1.74 bits per heavy atom. The van der Waals surface area contributed by atoms with Crippen LogP contribution in [0.15, 0.2) is 53.6 Å². The van der Waals surface area contributed by atoms with Gasteiger partial charge in [-0.1, -0.05) is 24.3 Å². The van der Waals surface area contributed by atoms with Gasteiger partial charge in [0.25, 0.3) is 5.91 Å². The average molecular weight is 378 g/mol. The van der Waals surface area contributed by atoms with Crippen LogP contribution < -0.4 is 0 Å². The van der Waals surface area contributed by atoms with Crippen LogP contribution in [0.5, 0.6) is 0 Å². The molecule has 27 heavy (non-hydrogen) atoms. The number of hydrogen-bond donors (Lipinski definition) is 0. The van der Waals surface area contributed by atoms with Crippen LogP contribution in [0.3, 0.4) is 0 Å². The van der Waals surface area contributed by atoms with Gasteiger partial charge in [0, 0.05) is 6.54 Å². The first-order chi connectivity index (χ1) is 12.8. The number of ether oxygens (including phenoxy) is 1. The van der Waals surface area contributed by atoms with Crippen molar-refractivity contribution in [3.8, 4) is 0 Å². The summed E-state index contributed by atoms with van der Waals surface area (Å²) in [5.74, 6) is -1.35. The fourth-order valence-electron chi connectivity index (χ4n) is 2.29. The van der Waals surface area contributed by atoms with Crippen molar-refractivity contribution in [3.05, 3.63) is 70.8 Å². The van der Waals surface area contributed by atoms with E-state index in [1.54, 1.807) is 19.1 Å². The van der Waals surface area contributed by atoms with Crippen molar-refractivity contribution >= 4 is 18.1 Å². The molecule has 0 spiro atoms. The standard InChI is InChI=1S/C19H17F3N2O3/c1-3-24(17(25)15-6-4-5-7-16(15)19(20,21)22)23-12-13-8-10-14(11-9-13)18(26)27-2/h4-12H,3H2,1-2H3/b23-12+. The van der Waals surface area contributed by atoms with Gasteiger partial charge in [0.05, 0.1) is 30.0 Å². The molecule has 8 heteroatoms. The lowest BCUT2D eigenvalue weighted by atomic mass is 10.1. The number of hydrazone groups is 1. The molecule has 142 valence electrons. The fourth-order valence-corrected chi connectivity index (χ4v) is 2.29. The lowest BCUT2D eigenvalue weighted by Gasteiger charge is -2.18. The number of nitrogens with zero attached hydrogens (tertiary/aromatic N) is 2. The van der Waals surface area contributed by atoms with Crippen molar-refractivity contribution in [2.45, 2.75) is 13.1 Å². The summed E-state index contributed by atoms with van der Waals surface area (Å²) in [6, 6.07) is 10.8. The highest BCUT2D eigenvalue weighted by Gasteiger charge is 2.35. The summed E-state index contributed by atoms with van der Waals surface area (Å²) in [6.07, 6.45) is -3.31. The largest absolute Gasteiger partial charge is 0.465 e. The maximum atomic E-state index is 13.1. The molecule has 2 aromatic rings. The number of methoxy groups -OCH3 is 1. The van der Waals surface area contributed by atoms with Crippen molar-refractivity contribution in [2.75, 3.05) is 13.7 Å². The van der Waals surface area contributed by atoms with Crippen molar-refractivity contribution in [3.63, 3.8) is 0 Å². The average Bonchev–Trinajstić information content (AvgIpc) is 2.67. The Morgan fingerprint density at radius 1 is 1.11 bits per heavy atom. The second-order valence-corrected chi connectivity index (χ2v) is 5.42. The minimum Gasteiger partial charge on any atom is -0.465 e. The molecule has 0 bridgehead atoms. The van der Waals surface area contributed by atoms with Gasteiger partial charge in [-0.15, -0.1) is 0 Å². The summed E-state index contributed by atoms with van der Waals surface area (Å²) >= 11 is 0. The first-order valence-electron chi connectivity index (χ1n) is 7.98. The van der Waals surface area contributed by atoms with Gasteiger partial charge in [-0.25, -0.2) is 9.80 Å². The lowest BCUT2D eigenvalue weighted by molar-refractivity contribution is -0.138. The molecule has 0 radical (unpaired) electrons. The van der Waals surface area contributed by atoms with Gasteiger partial charge in [-0.3, -0.25) is 4.79 Å². The Bertz CT molecular complexity index is 846. The number of esters is 1. The molecule has 2 aromatic carbocycles. The van der Waals surface area contributed by atoms with E-state index in [2.05, 4.69) is 9.84 Å². The maximum Gasteiger partial charge on any atom is 0.417 e. The Labute approximate surface area is 154 Å². The van der Waals surface area contributed by atoms with E-state index in [-0.39, 0.29) is 6.54 Å². The molecule has 0 atom stereocenters. The third-order valence-corrected chi connectivity index (χ3v) is 3.67. The molecule has 0 fully saturated rings. The van der Waals surface area contributed by atoms with Crippen LogP contribution in [-0.4, -0.2) is 36.8 Å². The smallest absolute Gasteiger partial charge is 0.417 e. The molecule has 0 heterocycles. The predicted molar refractivity (Wildman–Crippen MR) is 93.5 cm³/mol. The molecule has 0 saturated carbocycles. The van der Waals surface area contributed by atoms with Gasteiger partial charge in [0.2, 0.25) is 0 Å². The molecular formula is C19H17F3N2O3. The fraction of sp³-hybridized carbons (Fsp3) is 0.211. The number of carbonyl (C=O) groups excluding carboxylic acids is 2. The maximum absolute atomic E-state index is 13.1. The molecule has 0 unspecified atom stereocenters. The quantitative estimate of drug-likeness (QED) is 0.449. The number of hydrogen-bond acceptors (Lipinski definition) is 4. The third kappa shape index (κ3) is 4.93. The first-order valence-corrected chi connectivity index (χ1v) is 7.98. The lowest BCUT2D eigenvalue weighted by Crippen LogP contribution is -2.28. The van der Waals surface area contributed by atoms with Gasteiger partial charge >= 0.3 is 12.1 Å². The molecule has 0 aliphatic heterocycles. The topological polar surface area (TPSA) is 59.0 Å². The van der Waals surface area contributed by atoms with Gasteiger partial charge < -0.3 is 4.74 Å². The van der Waals surface area contributed by atoms with Gasteiger partial charge in [-0.2, -0.15) is 18.3 Å². The second kappa shape index (κ2) is 8.48. The zero-order chi connectivity index (χ0) is 20.0. The highest BCUT2D eigenvalue weighted by Crippen LogP contribution is 2.32. The summed E-state index contributed by atoms with van der Waals surface area (Å²) in [6.45, 7) is 1.69. The van der Waals surface area contributed by atoms with Crippen LogP contribution >= 0.6 is 0 Å². The molecule has 0 aliphatic rings. The minimum absolute atomic E-state index is 0.0851. The molecular weight excluding hydrogens is 361 g/mol. The van der Waals surface area contributed by atoms with Crippen molar-refractivity contribution in [2.24, 2.45) is 5.10 Å². The van der Waals surface area contributed by atoms with Crippen LogP contribution in [0.1, 0.15) is 38.8 Å². The van der Waals surface area contributed by atoms with E-state index in [1.165, 1.54) is 37.6 Å². The molecule has 1 amide bonds. The number of rotatable bonds is 5. The van der Waals surface area contributed by atoms with E-state index in [9.17, 15) is 22.8 Å². The Hall–Kier alpha value is -3.16. The van der Waals surface area contributed by atoms with Crippen molar-refractivity contribution < 1.29 is 27.5 Å². The Morgan fingerprint density at radius 3 is 2.30 bits per heavy atom. The molecule has 0 saturated heterocycles. The van der Waals surface area contributed by atoms with Gasteiger partial charge in [0.15, 0.2) is 0 Å². The molecule has 0 aliphatic carbocycles. The third-order valence-electron chi connectivity index (χ3n) is 3.67. The number of alkyl halides is 3. The highest BCUT2D eigenvalue weighted by atomic mass is 19.4. The van der Waals surface area contributed by atoms with Crippen molar-refractivity contribution in [1.29, 1.82) is 0 Å². The monoisotopic (exact) mass is 378 g/mol. The van der Waals surface area contributed by atoms with E-state index in [1.807, 2.05) is 0 Å². The predicted octanol–water partition coefficient (Wildman–Crippen LogP) is 3.99.